The molecule has 1 aromatic rings. The second-order valence-electron chi connectivity index (χ2n) is 6.38. The highest BCUT2D eigenvalue weighted by molar-refractivity contribution is 6.01. The first-order chi connectivity index (χ1) is 13.5. The molecule has 1 aromatic carbocycles. The lowest BCUT2D eigenvalue weighted by Gasteiger charge is -2.33. The fourth-order valence-corrected chi connectivity index (χ4v) is 2.76. The molecule has 0 atom stereocenters. The van der Waals surface area contributed by atoms with E-state index in [-0.39, 0.29) is 18.4 Å². The maximum atomic E-state index is 12.1. The molecule has 1 saturated heterocycles. The zero-order chi connectivity index (χ0) is 20.4. The molecule has 152 valence electrons. The number of urea groups is 1. The largest absolute Gasteiger partial charge is 0.497 e. The molecule has 0 aromatic heterocycles. The lowest BCUT2D eigenvalue weighted by molar-refractivity contribution is -0.124. The lowest BCUT2D eigenvalue weighted by Crippen LogP contribution is -2.52. The number of carbonyl (C=O) groups is 3. The van der Waals surface area contributed by atoms with E-state index >= 15 is 0 Å². The highest BCUT2D eigenvalue weighted by atomic mass is 16.5. The maximum absolute atomic E-state index is 12.1. The summed E-state index contributed by atoms with van der Waals surface area (Å²) in [6, 6.07) is 6.23. The summed E-state index contributed by atoms with van der Waals surface area (Å²) in [5.74, 6) is 0.267. The van der Waals surface area contributed by atoms with E-state index in [4.69, 9.17) is 4.74 Å². The summed E-state index contributed by atoms with van der Waals surface area (Å²) in [4.78, 5) is 39.7. The number of nitrogens with one attached hydrogen (secondary N) is 3. The van der Waals surface area contributed by atoms with Gasteiger partial charge >= 0.3 is 6.03 Å². The molecule has 1 fully saturated rings. The van der Waals surface area contributed by atoms with E-state index in [1.807, 2.05) is 9.80 Å². The minimum atomic E-state index is -0.576. The molecule has 1 aliphatic heterocycles. The minimum Gasteiger partial charge on any atom is -0.497 e. The van der Waals surface area contributed by atoms with Crippen LogP contribution in [-0.2, 0) is 9.59 Å². The van der Waals surface area contributed by atoms with Crippen molar-refractivity contribution in [3.63, 3.8) is 0 Å². The van der Waals surface area contributed by atoms with E-state index in [2.05, 4.69) is 22.5 Å². The third-order valence-corrected chi connectivity index (χ3v) is 4.24. The number of carbonyl (C=O) groups excluding carboxylic acids is 3. The Morgan fingerprint density at radius 1 is 1.04 bits per heavy atom. The molecule has 0 radical (unpaired) electrons. The van der Waals surface area contributed by atoms with Crippen LogP contribution < -0.4 is 20.7 Å². The Bertz CT molecular complexity index is 684. The fourth-order valence-electron chi connectivity index (χ4n) is 2.76. The summed E-state index contributed by atoms with van der Waals surface area (Å²) in [6.07, 6.45) is 1.64. The van der Waals surface area contributed by atoms with Gasteiger partial charge in [0.25, 0.3) is 0 Å². The number of piperazine rings is 1. The number of amides is 4. The molecule has 0 aliphatic carbocycles. The Morgan fingerprint density at radius 3 is 2.14 bits per heavy atom. The van der Waals surface area contributed by atoms with Crippen molar-refractivity contribution in [3.8, 4) is 5.75 Å². The van der Waals surface area contributed by atoms with Gasteiger partial charge < -0.3 is 15.4 Å². The molecule has 0 unspecified atom stereocenters. The molecule has 0 bridgehead atoms. The van der Waals surface area contributed by atoms with Gasteiger partial charge in [0.2, 0.25) is 11.8 Å². The molecule has 0 saturated carbocycles. The van der Waals surface area contributed by atoms with Gasteiger partial charge in [-0.05, 0) is 24.3 Å². The summed E-state index contributed by atoms with van der Waals surface area (Å²) in [5.41, 5.74) is 0.564. The van der Waals surface area contributed by atoms with Crippen LogP contribution in [0.15, 0.2) is 36.9 Å². The average molecular weight is 389 g/mol. The summed E-state index contributed by atoms with van der Waals surface area (Å²) < 4.78 is 5.05. The maximum Gasteiger partial charge on any atom is 0.325 e. The van der Waals surface area contributed by atoms with Crippen LogP contribution in [0.5, 0.6) is 5.75 Å². The van der Waals surface area contributed by atoms with E-state index in [1.54, 1.807) is 37.5 Å². The second-order valence-corrected chi connectivity index (χ2v) is 6.38. The highest BCUT2D eigenvalue weighted by Crippen LogP contribution is 2.14. The number of nitrogens with zero attached hydrogens (tertiary/aromatic N) is 2. The van der Waals surface area contributed by atoms with Crippen LogP contribution in [-0.4, -0.2) is 80.6 Å². The number of imide groups is 1. The normalized spacial score (nSPS) is 14.8. The van der Waals surface area contributed by atoms with Crippen molar-refractivity contribution in [1.29, 1.82) is 0 Å². The number of ether oxygens (including phenoxy) is 1. The Labute approximate surface area is 164 Å². The molecule has 3 N–H and O–H groups in total. The number of methoxy groups -OCH3 is 1. The molecule has 4 amide bonds. The standard InChI is InChI=1S/C19H27N5O4/c1-3-8-20-17(25)13-23-9-11-24(12-10-23)14-18(26)22-19(27)21-15-4-6-16(28-2)7-5-15/h3-7H,1,8-14H2,2H3,(H,20,25)(H2,21,22,26,27). The number of hydrogen-bond acceptors (Lipinski definition) is 6. The van der Waals surface area contributed by atoms with Crippen molar-refractivity contribution in [2.24, 2.45) is 0 Å². The number of rotatable bonds is 8. The minimum absolute atomic E-state index is 0.0405. The third kappa shape index (κ3) is 7.37. The van der Waals surface area contributed by atoms with Gasteiger partial charge in [0.05, 0.1) is 20.2 Å². The molecule has 9 heteroatoms. The zero-order valence-corrected chi connectivity index (χ0v) is 16.1. The Kier molecular flexibility index (Phi) is 8.44. The Balaban J connectivity index is 1.67. The van der Waals surface area contributed by atoms with Crippen LogP contribution in [0.1, 0.15) is 0 Å². The van der Waals surface area contributed by atoms with Crippen LogP contribution in [0.4, 0.5) is 10.5 Å². The van der Waals surface area contributed by atoms with Crippen molar-refractivity contribution in [1.82, 2.24) is 20.4 Å². The van der Waals surface area contributed by atoms with Gasteiger partial charge in [0.1, 0.15) is 5.75 Å². The monoisotopic (exact) mass is 389 g/mol. The topological polar surface area (TPSA) is 103 Å². The smallest absolute Gasteiger partial charge is 0.325 e. The van der Waals surface area contributed by atoms with E-state index in [0.717, 1.165) is 0 Å². The van der Waals surface area contributed by atoms with Crippen molar-refractivity contribution in [3.05, 3.63) is 36.9 Å². The lowest BCUT2D eigenvalue weighted by atomic mass is 10.3. The molecule has 2 rings (SSSR count). The first kappa shape index (κ1) is 21.4. The van der Waals surface area contributed by atoms with Crippen molar-refractivity contribution in [2.75, 3.05) is 58.2 Å². The van der Waals surface area contributed by atoms with E-state index in [0.29, 0.717) is 50.7 Å². The zero-order valence-electron chi connectivity index (χ0n) is 16.1. The molecule has 0 spiro atoms. The molecule has 1 aliphatic rings. The number of benzene rings is 1. The molecule has 1 heterocycles. The summed E-state index contributed by atoms with van der Waals surface area (Å²) in [7, 11) is 1.56. The van der Waals surface area contributed by atoms with Crippen LogP contribution in [0.2, 0.25) is 0 Å². The van der Waals surface area contributed by atoms with Crippen molar-refractivity contribution < 1.29 is 19.1 Å². The summed E-state index contributed by atoms with van der Waals surface area (Å²) >= 11 is 0. The van der Waals surface area contributed by atoms with Gasteiger partial charge in [-0.2, -0.15) is 0 Å². The molecular weight excluding hydrogens is 362 g/mol. The Morgan fingerprint density at radius 2 is 1.61 bits per heavy atom. The van der Waals surface area contributed by atoms with Crippen LogP contribution in [0, 0.1) is 0 Å². The van der Waals surface area contributed by atoms with Gasteiger partial charge in [0, 0.05) is 38.4 Å². The van der Waals surface area contributed by atoms with Crippen molar-refractivity contribution >= 4 is 23.5 Å². The van der Waals surface area contributed by atoms with Gasteiger partial charge in [0.15, 0.2) is 0 Å². The summed E-state index contributed by atoms with van der Waals surface area (Å²) in [6.45, 7) is 7.16. The van der Waals surface area contributed by atoms with Crippen LogP contribution >= 0.6 is 0 Å². The molecule has 9 nitrogen and oxygen atoms in total. The number of anilines is 1. The van der Waals surface area contributed by atoms with Gasteiger partial charge in [-0.25, -0.2) is 4.79 Å². The first-order valence-electron chi connectivity index (χ1n) is 9.07. The SMILES string of the molecule is C=CCNC(=O)CN1CCN(CC(=O)NC(=O)Nc2ccc(OC)cc2)CC1. The third-order valence-electron chi connectivity index (χ3n) is 4.24. The van der Waals surface area contributed by atoms with Gasteiger partial charge in [-0.1, -0.05) is 6.08 Å². The quantitative estimate of drug-likeness (QED) is 0.552. The van der Waals surface area contributed by atoms with Crippen molar-refractivity contribution in [2.45, 2.75) is 0 Å². The van der Waals surface area contributed by atoms with E-state index in [1.165, 1.54) is 0 Å². The number of hydrogen-bond donors (Lipinski definition) is 3. The van der Waals surface area contributed by atoms with Crippen LogP contribution in [0.25, 0.3) is 0 Å². The molecular formula is C19H27N5O4. The fraction of sp³-hybridized carbons (Fsp3) is 0.421. The highest BCUT2D eigenvalue weighted by Gasteiger charge is 2.21. The first-order valence-corrected chi connectivity index (χ1v) is 9.07. The predicted molar refractivity (Wildman–Crippen MR) is 106 cm³/mol. The van der Waals surface area contributed by atoms with Crippen LogP contribution in [0.3, 0.4) is 0 Å². The Hall–Kier alpha value is -2.91. The average Bonchev–Trinajstić information content (AvgIpc) is 2.68. The van der Waals surface area contributed by atoms with Gasteiger partial charge in [-0.15, -0.1) is 6.58 Å². The summed E-state index contributed by atoms with van der Waals surface area (Å²) in [5, 5.41) is 7.67. The molecule has 28 heavy (non-hydrogen) atoms. The second kappa shape index (κ2) is 11.1. The van der Waals surface area contributed by atoms with E-state index < -0.39 is 6.03 Å². The predicted octanol–water partition coefficient (Wildman–Crippen LogP) is 0.263. The van der Waals surface area contributed by atoms with E-state index in [9.17, 15) is 14.4 Å². The van der Waals surface area contributed by atoms with Gasteiger partial charge in [-0.3, -0.25) is 24.7 Å².